The van der Waals surface area contributed by atoms with Gasteiger partial charge >= 0.3 is 6.18 Å². The molecule has 0 aliphatic carbocycles. The van der Waals surface area contributed by atoms with E-state index in [2.05, 4.69) is 5.32 Å². The van der Waals surface area contributed by atoms with Crippen molar-refractivity contribution in [3.8, 4) is 0 Å². The van der Waals surface area contributed by atoms with Crippen molar-refractivity contribution in [1.82, 2.24) is 10.2 Å². The second-order valence-corrected chi connectivity index (χ2v) is 6.28. The Bertz CT molecular complexity index is 827. The van der Waals surface area contributed by atoms with E-state index < -0.39 is 35.3 Å². The third kappa shape index (κ3) is 5.39. The van der Waals surface area contributed by atoms with Crippen molar-refractivity contribution >= 4 is 11.5 Å². The van der Waals surface area contributed by atoms with E-state index in [0.29, 0.717) is 6.08 Å². The van der Waals surface area contributed by atoms with Gasteiger partial charge in [-0.25, -0.2) is 8.78 Å². The summed E-state index contributed by atoms with van der Waals surface area (Å²) in [5, 5.41) is 2.30. The summed E-state index contributed by atoms with van der Waals surface area (Å²) in [4.78, 5) is 13.6. The summed E-state index contributed by atoms with van der Waals surface area (Å²) in [6, 6.07) is 9.35. The Morgan fingerprint density at radius 3 is 2.11 bits per heavy atom. The fraction of sp³-hybridized carbons (Fsp3) is 0.250. The molecule has 0 aromatic heterocycles. The van der Waals surface area contributed by atoms with Crippen LogP contribution in [-0.4, -0.2) is 37.6 Å². The molecule has 1 amide bonds. The van der Waals surface area contributed by atoms with Gasteiger partial charge in [-0.2, -0.15) is 13.2 Å². The van der Waals surface area contributed by atoms with Crippen LogP contribution in [0.5, 0.6) is 0 Å². The van der Waals surface area contributed by atoms with E-state index in [0.717, 1.165) is 12.1 Å². The topological polar surface area (TPSA) is 32.3 Å². The average Bonchev–Trinajstić information content (AvgIpc) is 2.61. The Kier molecular flexibility index (Phi) is 6.90. The predicted octanol–water partition coefficient (Wildman–Crippen LogP) is 4.33. The molecular weight excluding hydrogens is 379 g/mol. The molecule has 8 heteroatoms. The monoisotopic (exact) mass is 398 g/mol. The van der Waals surface area contributed by atoms with Crippen LogP contribution in [0.25, 0.3) is 5.57 Å². The van der Waals surface area contributed by atoms with E-state index in [1.54, 1.807) is 20.2 Å². The first kappa shape index (κ1) is 21.6. The lowest BCUT2D eigenvalue weighted by Gasteiger charge is -2.25. The lowest BCUT2D eigenvalue weighted by molar-refractivity contribution is -0.117. The molecule has 0 aliphatic rings. The van der Waals surface area contributed by atoms with E-state index in [1.165, 1.54) is 35.2 Å². The Balaban J connectivity index is 2.23. The van der Waals surface area contributed by atoms with Crippen molar-refractivity contribution < 1.29 is 26.7 Å². The number of allylic oxidation sites excluding steroid dienone is 1. The first-order valence-corrected chi connectivity index (χ1v) is 8.33. The molecule has 2 aromatic carbocycles. The van der Waals surface area contributed by atoms with Crippen LogP contribution in [0.4, 0.5) is 22.0 Å². The van der Waals surface area contributed by atoms with Gasteiger partial charge in [0.2, 0.25) is 5.91 Å². The maximum absolute atomic E-state index is 14.0. The zero-order valence-electron chi connectivity index (χ0n) is 15.2. The number of nitrogens with zero attached hydrogens (tertiary/aromatic N) is 1. The fourth-order valence-electron chi connectivity index (χ4n) is 2.70. The Labute approximate surface area is 159 Å². The standard InChI is InChI=1S/C20H19F5N2O/c1-27(2)17(19-15(21)9-6-10-16(19)22)12-26-18(28)11-14(20(23,24)25)13-7-4-3-5-8-13/h3-11,17H,12H2,1-2H3,(H,26,28)/b14-11-. The summed E-state index contributed by atoms with van der Waals surface area (Å²) in [5.74, 6) is -2.62. The van der Waals surface area contributed by atoms with Crippen molar-refractivity contribution in [3.05, 3.63) is 77.4 Å². The molecular formula is C20H19F5N2O. The van der Waals surface area contributed by atoms with Crippen LogP contribution < -0.4 is 5.32 Å². The predicted molar refractivity (Wildman–Crippen MR) is 96.3 cm³/mol. The number of rotatable bonds is 6. The number of carbonyl (C=O) groups is 1. The number of benzene rings is 2. The van der Waals surface area contributed by atoms with Crippen LogP contribution in [0, 0.1) is 11.6 Å². The maximum atomic E-state index is 14.0. The molecule has 3 nitrogen and oxygen atoms in total. The van der Waals surface area contributed by atoms with Crippen molar-refractivity contribution in [2.24, 2.45) is 0 Å². The third-order valence-corrected chi connectivity index (χ3v) is 4.09. The smallest absolute Gasteiger partial charge is 0.351 e. The van der Waals surface area contributed by atoms with Crippen molar-refractivity contribution in [3.63, 3.8) is 0 Å². The molecule has 0 aliphatic heterocycles. The van der Waals surface area contributed by atoms with E-state index in [9.17, 15) is 26.7 Å². The molecule has 0 saturated heterocycles. The molecule has 0 heterocycles. The molecule has 150 valence electrons. The van der Waals surface area contributed by atoms with Crippen LogP contribution in [0.15, 0.2) is 54.6 Å². The average molecular weight is 398 g/mol. The van der Waals surface area contributed by atoms with Crippen molar-refractivity contribution in [1.29, 1.82) is 0 Å². The van der Waals surface area contributed by atoms with Gasteiger partial charge in [-0.15, -0.1) is 0 Å². The first-order valence-electron chi connectivity index (χ1n) is 8.33. The van der Waals surface area contributed by atoms with Crippen LogP contribution in [0.1, 0.15) is 17.2 Å². The van der Waals surface area contributed by atoms with Gasteiger partial charge in [-0.1, -0.05) is 36.4 Å². The van der Waals surface area contributed by atoms with Crippen LogP contribution in [0.3, 0.4) is 0 Å². The minimum Gasteiger partial charge on any atom is -0.351 e. The Morgan fingerprint density at radius 1 is 1.04 bits per heavy atom. The van der Waals surface area contributed by atoms with Gasteiger partial charge in [0.15, 0.2) is 0 Å². The van der Waals surface area contributed by atoms with Crippen LogP contribution in [0.2, 0.25) is 0 Å². The molecule has 1 atom stereocenters. The molecule has 0 bridgehead atoms. The molecule has 28 heavy (non-hydrogen) atoms. The molecule has 1 N–H and O–H groups in total. The number of amides is 1. The molecule has 1 unspecified atom stereocenters. The van der Waals surface area contributed by atoms with Crippen molar-refractivity contribution in [2.45, 2.75) is 12.2 Å². The van der Waals surface area contributed by atoms with Gasteiger partial charge in [0.1, 0.15) is 11.6 Å². The largest absolute Gasteiger partial charge is 0.417 e. The minimum atomic E-state index is -4.74. The van der Waals surface area contributed by atoms with Gasteiger partial charge in [0.05, 0.1) is 11.6 Å². The van der Waals surface area contributed by atoms with Crippen molar-refractivity contribution in [2.75, 3.05) is 20.6 Å². The summed E-state index contributed by atoms with van der Waals surface area (Å²) in [5.41, 5.74) is -1.53. The number of nitrogens with one attached hydrogen (secondary N) is 1. The normalized spacial score (nSPS) is 13.5. The molecule has 0 radical (unpaired) electrons. The highest BCUT2D eigenvalue weighted by atomic mass is 19.4. The van der Waals surface area contributed by atoms with E-state index >= 15 is 0 Å². The highest BCUT2D eigenvalue weighted by Crippen LogP contribution is 2.33. The zero-order chi connectivity index (χ0) is 20.9. The van der Waals surface area contributed by atoms with Gasteiger partial charge in [0.25, 0.3) is 0 Å². The summed E-state index contributed by atoms with van der Waals surface area (Å²) >= 11 is 0. The van der Waals surface area contributed by atoms with Gasteiger partial charge < -0.3 is 10.2 Å². The molecule has 0 saturated carbocycles. The summed E-state index contributed by atoms with van der Waals surface area (Å²) < 4.78 is 68.0. The fourth-order valence-corrected chi connectivity index (χ4v) is 2.70. The van der Waals surface area contributed by atoms with Crippen LogP contribution in [-0.2, 0) is 4.79 Å². The molecule has 0 spiro atoms. The highest BCUT2D eigenvalue weighted by molar-refractivity contribution is 5.96. The summed E-state index contributed by atoms with van der Waals surface area (Å²) in [6.45, 7) is -0.278. The van der Waals surface area contributed by atoms with Gasteiger partial charge in [-0.3, -0.25) is 4.79 Å². The lowest BCUT2D eigenvalue weighted by atomic mass is 10.0. The summed E-state index contributed by atoms with van der Waals surface area (Å²) in [6.07, 6.45) is -4.29. The van der Waals surface area contributed by atoms with Gasteiger partial charge in [-0.05, 0) is 31.8 Å². The minimum absolute atomic E-state index is 0.158. The Morgan fingerprint density at radius 2 is 1.61 bits per heavy atom. The van der Waals surface area contributed by atoms with E-state index in [4.69, 9.17) is 0 Å². The van der Waals surface area contributed by atoms with Crippen LogP contribution >= 0.6 is 0 Å². The number of carbonyl (C=O) groups excluding carboxylic acids is 1. The Hall–Kier alpha value is -2.74. The second kappa shape index (κ2) is 8.97. The SMILES string of the molecule is CN(C)C(CNC(=O)/C=C(/c1ccccc1)C(F)(F)F)c1c(F)cccc1F. The van der Waals surface area contributed by atoms with E-state index in [-0.39, 0.29) is 17.7 Å². The van der Waals surface area contributed by atoms with E-state index in [1.807, 2.05) is 0 Å². The number of alkyl halides is 3. The number of hydrogen-bond acceptors (Lipinski definition) is 2. The number of hydrogen-bond donors (Lipinski definition) is 1. The molecule has 0 fully saturated rings. The molecule has 2 aromatic rings. The zero-order valence-corrected chi connectivity index (χ0v) is 15.2. The summed E-state index contributed by atoms with van der Waals surface area (Å²) in [7, 11) is 3.09. The number of halogens is 5. The first-order chi connectivity index (χ1) is 13.1. The van der Waals surface area contributed by atoms with Gasteiger partial charge in [0, 0.05) is 18.2 Å². The highest BCUT2D eigenvalue weighted by Gasteiger charge is 2.35. The second-order valence-electron chi connectivity index (χ2n) is 6.28. The molecule has 2 rings (SSSR count). The number of likely N-dealkylation sites (N-methyl/N-ethyl adjacent to an activating group) is 1. The maximum Gasteiger partial charge on any atom is 0.417 e. The quantitative estimate of drug-likeness (QED) is 0.580. The third-order valence-electron chi connectivity index (χ3n) is 4.09. The lowest BCUT2D eigenvalue weighted by Crippen LogP contribution is -2.35.